The van der Waals surface area contributed by atoms with Gasteiger partial charge in [-0.1, -0.05) is 44.0 Å². The zero-order chi connectivity index (χ0) is 13.5. The average Bonchev–Trinajstić information content (AvgIpc) is 2.64. The minimum absolute atomic E-state index is 0.333. The lowest BCUT2D eigenvalue weighted by Crippen LogP contribution is -2.14. The summed E-state index contributed by atoms with van der Waals surface area (Å²) in [5.74, 6) is -0.170. The van der Waals surface area contributed by atoms with E-state index < -0.39 is 5.76 Å². The number of nitrogens with zero attached hydrogens (tertiary/aromatic N) is 2. The van der Waals surface area contributed by atoms with E-state index in [0.717, 1.165) is 0 Å². The summed E-state index contributed by atoms with van der Waals surface area (Å²) >= 11 is 11.7. The second-order valence-corrected chi connectivity index (χ2v) is 5.75. The first-order chi connectivity index (χ1) is 8.29. The highest BCUT2D eigenvalue weighted by Crippen LogP contribution is 2.24. The number of hydrogen-bond donors (Lipinski definition) is 0. The number of aromatic nitrogens is 2. The van der Waals surface area contributed by atoms with Crippen LogP contribution in [0.2, 0.25) is 10.0 Å². The molecule has 18 heavy (non-hydrogen) atoms. The molecule has 0 unspecified atom stereocenters. The second-order valence-electron chi connectivity index (χ2n) is 4.93. The largest absolute Gasteiger partial charge is 0.441 e. The van der Waals surface area contributed by atoms with Crippen molar-refractivity contribution in [2.24, 2.45) is 0 Å². The van der Waals surface area contributed by atoms with E-state index in [1.807, 2.05) is 20.8 Å². The Labute approximate surface area is 114 Å². The Hall–Kier alpha value is -1.26. The molecule has 0 bridgehead atoms. The predicted octanol–water partition coefficient (Wildman–Crippen LogP) is 3.43. The van der Waals surface area contributed by atoms with Gasteiger partial charge in [-0.15, -0.1) is 5.10 Å². The molecule has 0 atom stereocenters. The summed E-state index contributed by atoms with van der Waals surface area (Å²) in [6.07, 6.45) is 0. The topological polar surface area (TPSA) is 48.0 Å². The van der Waals surface area contributed by atoms with E-state index in [4.69, 9.17) is 27.6 Å². The molecule has 0 aliphatic heterocycles. The smallest absolute Gasteiger partial charge is 0.391 e. The first-order valence-corrected chi connectivity index (χ1v) is 6.11. The van der Waals surface area contributed by atoms with E-state index in [2.05, 4.69) is 5.10 Å². The molecule has 96 valence electrons. The van der Waals surface area contributed by atoms with Crippen molar-refractivity contribution in [1.29, 1.82) is 0 Å². The van der Waals surface area contributed by atoms with E-state index in [9.17, 15) is 4.79 Å². The Morgan fingerprint density at radius 3 is 2.39 bits per heavy atom. The van der Waals surface area contributed by atoms with Crippen LogP contribution in [0.5, 0.6) is 0 Å². The summed E-state index contributed by atoms with van der Waals surface area (Å²) in [7, 11) is 0. The Bertz CT molecular complexity index is 638. The molecule has 0 saturated heterocycles. The molecule has 0 aliphatic rings. The highest BCUT2D eigenvalue weighted by atomic mass is 35.5. The van der Waals surface area contributed by atoms with E-state index in [1.165, 1.54) is 4.68 Å². The fourth-order valence-corrected chi connectivity index (χ4v) is 1.65. The van der Waals surface area contributed by atoms with Crippen LogP contribution in [0.3, 0.4) is 0 Å². The highest BCUT2D eigenvalue weighted by Gasteiger charge is 2.23. The number of rotatable bonds is 1. The summed E-state index contributed by atoms with van der Waals surface area (Å²) in [6, 6.07) is 4.84. The molecule has 1 heterocycles. The van der Waals surface area contributed by atoms with Gasteiger partial charge in [-0.2, -0.15) is 4.68 Å². The van der Waals surface area contributed by atoms with Crippen molar-refractivity contribution in [3.63, 3.8) is 0 Å². The van der Waals surface area contributed by atoms with E-state index >= 15 is 0 Å². The van der Waals surface area contributed by atoms with Gasteiger partial charge in [-0.25, -0.2) is 4.79 Å². The zero-order valence-electron chi connectivity index (χ0n) is 10.2. The molecule has 1 aromatic carbocycles. The van der Waals surface area contributed by atoms with Crippen LogP contribution in [0.25, 0.3) is 5.69 Å². The van der Waals surface area contributed by atoms with Gasteiger partial charge in [0.2, 0.25) is 5.89 Å². The molecule has 0 spiro atoms. The monoisotopic (exact) mass is 286 g/mol. The van der Waals surface area contributed by atoms with Crippen LogP contribution in [0.15, 0.2) is 27.4 Å². The lowest BCUT2D eigenvalue weighted by Gasteiger charge is -2.10. The van der Waals surface area contributed by atoms with E-state index in [-0.39, 0.29) is 5.41 Å². The molecule has 4 nitrogen and oxygen atoms in total. The molecule has 0 radical (unpaired) electrons. The van der Waals surface area contributed by atoms with Crippen molar-refractivity contribution in [1.82, 2.24) is 9.78 Å². The SMILES string of the molecule is CC(C)(C)c1nn(-c2ccc(Cl)c(Cl)c2)c(=O)o1. The van der Waals surface area contributed by atoms with Crippen LogP contribution in [-0.2, 0) is 5.41 Å². The van der Waals surface area contributed by atoms with Gasteiger partial charge in [0.25, 0.3) is 0 Å². The first-order valence-electron chi connectivity index (χ1n) is 5.35. The van der Waals surface area contributed by atoms with Gasteiger partial charge in [0.05, 0.1) is 15.7 Å². The number of hydrogen-bond acceptors (Lipinski definition) is 3. The average molecular weight is 287 g/mol. The number of benzene rings is 1. The Morgan fingerprint density at radius 1 is 1.22 bits per heavy atom. The van der Waals surface area contributed by atoms with Crippen molar-refractivity contribution in [2.75, 3.05) is 0 Å². The van der Waals surface area contributed by atoms with Crippen LogP contribution in [0, 0.1) is 0 Å². The number of halogens is 2. The summed E-state index contributed by atoms with van der Waals surface area (Å²) in [6.45, 7) is 5.74. The van der Waals surface area contributed by atoms with Crippen LogP contribution >= 0.6 is 23.2 Å². The third kappa shape index (κ3) is 2.44. The maximum absolute atomic E-state index is 11.7. The van der Waals surface area contributed by atoms with Gasteiger partial charge in [0, 0.05) is 5.41 Å². The molecular formula is C12H12Cl2N2O2. The standard InChI is InChI=1S/C12H12Cl2N2O2/c1-12(2,3)10-15-16(11(17)18-10)7-4-5-8(13)9(14)6-7/h4-6H,1-3H3. The van der Waals surface area contributed by atoms with Crippen molar-refractivity contribution in [3.8, 4) is 5.69 Å². The van der Waals surface area contributed by atoms with Crippen molar-refractivity contribution >= 4 is 23.2 Å². The molecule has 0 saturated carbocycles. The third-order valence-electron chi connectivity index (χ3n) is 2.34. The minimum atomic E-state index is -0.543. The van der Waals surface area contributed by atoms with Gasteiger partial charge < -0.3 is 4.42 Å². The van der Waals surface area contributed by atoms with Crippen LogP contribution < -0.4 is 5.76 Å². The van der Waals surface area contributed by atoms with Crippen molar-refractivity contribution in [2.45, 2.75) is 26.2 Å². The predicted molar refractivity (Wildman–Crippen MR) is 70.8 cm³/mol. The van der Waals surface area contributed by atoms with Gasteiger partial charge in [-0.05, 0) is 18.2 Å². The fraction of sp³-hybridized carbons (Fsp3) is 0.333. The first kappa shape index (κ1) is 13.2. The summed E-state index contributed by atoms with van der Waals surface area (Å²) in [5, 5.41) is 4.94. The maximum Gasteiger partial charge on any atom is 0.441 e. The van der Waals surface area contributed by atoms with Gasteiger partial charge >= 0.3 is 5.76 Å². The maximum atomic E-state index is 11.7. The van der Waals surface area contributed by atoms with Crippen molar-refractivity contribution in [3.05, 3.63) is 44.7 Å². The molecule has 0 amide bonds. The minimum Gasteiger partial charge on any atom is -0.391 e. The Kier molecular flexibility index (Phi) is 3.25. The van der Waals surface area contributed by atoms with Crippen LogP contribution in [-0.4, -0.2) is 9.78 Å². The van der Waals surface area contributed by atoms with Gasteiger partial charge in [0.15, 0.2) is 0 Å². The molecule has 1 aromatic heterocycles. The molecule has 6 heteroatoms. The zero-order valence-corrected chi connectivity index (χ0v) is 11.7. The molecule has 2 aromatic rings. The normalized spacial score (nSPS) is 11.8. The van der Waals surface area contributed by atoms with E-state index in [0.29, 0.717) is 21.6 Å². The second kappa shape index (κ2) is 4.44. The van der Waals surface area contributed by atoms with Crippen LogP contribution in [0.4, 0.5) is 0 Å². The summed E-state index contributed by atoms with van der Waals surface area (Å²) < 4.78 is 6.29. The van der Waals surface area contributed by atoms with Gasteiger partial charge in [0.1, 0.15) is 0 Å². The van der Waals surface area contributed by atoms with Crippen molar-refractivity contribution < 1.29 is 4.42 Å². The quantitative estimate of drug-likeness (QED) is 0.807. The van der Waals surface area contributed by atoms with Gasteiger partial charge in [-0.3, -0.25) is 0 Å². The molecule has 2 rings (SSSR count). The molecule has 0 N–H and O–H groups in total. The van der Waals surface area contributed by atoms with E-state index in [1.54, 1.807) is 18.2 Å². The molecule has 0 fully saturated rings. The highest BCUT2D eigenvalue weighted by molar-refractivity contribution is 6.42. The lowest BCUT2D eigenvalue weighted by atomic mass is 9.97. The Morgan fingerprint density at radius 2 is 1.89 bits per heavy atom. The summed E-state index contributed by atoms with van der Waals surface area (Å²) in [5.41, 5.74) is 0.189. The lowest BCUT2D eigenvalue weighted by molar-refractivity contribution is 0.375. The molecular weight excluding hydrogens is 275 g/mol. The molecule has 0 aliphatic carbocycles. The van der Waals surface area contributed by atoms with Crippen LogP contribution in [0.1, 0.15) is 26.7 Å². The summed E-state index contributed by atoms with van der Waals surface area (Å²) in [4.78, 5) is 11.7. The fourth-order valence-electron chi connectivity index (χ4n) is 1.36. The Balaban J connectivity index is 2.55. The third-order valence-corrected chi connectivity index (χ3v) is 3.08.